The van der Waals surface area contributed by atoms with Gasteiger partial charge < -0.3 is 11.1 Å². The summed E-state index contributed by atoms with van der Waals surface area (Å²) >= 11 is 7.34. The summed E-state index contributed by atoms with van der Waals surface area (Å²) in [6.07, 6.45) is 3.24. The van der Waals surface area contributed by atoms with E-state index in [4.69, 9.17) is 17.3 Å². The first-order valence-corrected chi connectivity index (χ1v) is 9.02. The number of carbonyl (C=O) groups excluding carboxylic acids is 1. The van der Waals surface area contributed by atoms with Crippen molar-refractivity contribution in [3.05, 3.63) is 39.9 Å². The Bertz CT molecular complexity index is 706. The molecule has 3 N–H and O–H groups in total. The van der Waals surface area contributed by atoms with Gasteiger partial charge in [0, 0.05) is 16.6 Å². The van der Waals surface area contributed by atoms with Crippen molar-refractivity contribution < 1.29 is 4.79 Å². The van der Waals surface area contributed by atoms with E-state index in [9.17, 15) is 4.79 Å². The summed E-state index contributed by atoms with van der Waals surface area (Å²) < 4.78 is 0. The first-order chi connectivity index (χ1) is 11.1. The van der Waals surface area contributed by atoms with E-state index in [2.05, 4.69) is 10.3 Å². The number of nitrogens with two attached hydrogens (primary N) is 1. The number of nitrogens with one attached hydrogen (secondary N) is 1. The summed E-state index contributed by atoms with van der Waals surface area (Å²) in [5.41, 5.74) is 7.53. The average molecular weight is 423 g/mol. The SMILES string of the molecule is Cc1nc(-c2ccc(Cl)cc2)sc1C(=O)NC1CCCC1CN.Cl.Cl. The van der Waals surface area contributed by atoms with Gasteiger partial charge in [-0.15, -0.1) is 36.2 Å². The second-order valence-corrected chi connectivity index (χ2v) is 7.38. The molecule has 25 heavy (non-hydrogen) atoms. The number of hydrogen-bond donors (Lipinski definition) is 2. The standard InChI is InChI=1S/C17H20ClN3OS.2ClH/c1-10-15(16(22)21-14-4-2-3-12(14)9-19)23-17(20-10)11-5-7-13(18)8-6-11;;/h5-8,12,14H,2-4,9,19H2,1H3,(H,21,22);2*1H. The molecule has 2 atom stereocenters. The Balaban J connectivity index is 0.00000156. The van der Waals surface area contributed by atoms with E-state index in [0.29, 0.717) is 22.4 Å². The normalized spacial score (nSPS) is 19.0. The number of carbonyl (C=O) groups is 1. The van der Waals surface area contributed by atoms with Crippen molar-refractivity contribution in [2.45, 2.75) is 32.2 Å². The zero-order valence-electron chi connectivity index (χ0n) is 13.8. The molecule has 4 nitrogen and oxygen atoms in total. The van der Waals surface area contributed by atoms with Crippen molar-refractivity contribution in [3.63, 3.8) is 0 Å². The second-order valence-electron chi connectivity index (χ2n) is 5.95. The fraction of sp³-hybridized carbons (Fsp3) is 0.412. The third kappa shape index (κ3) is 5.08. The lowest BCUT2D eigenvalue weighted by Crippen LogP contribution is -2.39. The zero-order valence-corrected chi connectivity index (χ0v) is 17.0. The van der Waals surface area contributed by atoms with Crippen LogP contribution >= 0.6 is 47.8 Å². The van der Waals surface area contributed by atoms with Gasteiger partial charge in [0.05, 0.1) is 5.69 Å². The van der Waals surface area contributed by atoms with Gasteiger partial charge in [-0.05, 0) is 44.4 Å². The molecule has 0 saturated heterocycles. The minimum absolute atomic E-state index is 0. The molecular weight excluding hydrogens is 401 g/mol. The van der Waals surface area contributed by atoms with Gasteiger partial charge >= 0.3 is 0 Å². The largest absolute Gasteiger partial charge is 0.348 e. The smallest absolute Gasteiger partial charge is 0.263 e. The maximum Gasteiger partial charge on any atom is 0.263 e. The highest BCUT2D eigenvalue weighted by atomic mass is 35.5. The van der Waals surface area contributed by atoms with Gasteiger partial charge in [-0.2, -0.15) is 0 Å². The van der Waals surface area contributed by atoms with Crippen LogP contribution in [0.1, 0.15) is 34.6 Å². The molecule has 138 valence electrons. The molecule has 2 unspecified atom stereocenters. The van der Waals surface area contributed by atoms with Gasteiger partial charge in [-0.1, -0.05) is 30.2 Å². The van der Waals surface area contributed by atoms with Crippen molar-refractivity contribution in [2.24, 2.45) is 11.7 Å². The molecule has 2 aromatic rings. The van der Waals surface area contributed by atoms with Crippen LogP contribution in [-0.2, 0) is 0 Å². The highest BCUT2D eigenvalue weighted by molar-refractivity contribution is 7.17. The van der Waals surface area contributed by atoms with Crippen LogP contribution in [0.4, 0.5) is 0 Å². The van der Waals surface area contributed by atoms with Crippen LogP contribution in [-0.4, -0.2) is 23.5 Å². The monoisotopic (exact) mass is 421 g/mol. The van der Waals surface area contributed by atoms with E-state index < -0.39 is 0 Å². The summed E-state index contributed by atoms with van der Waals surface area (Å²) in [4.78, 5) is 17.8. The molecule has 0 bridgehead atoms. The van der Waals surface area contributed by atoms with Gasteiger partial charge in [-0.25, -0.2) is 4.98 Å². The van der Waals surface area contributed by atoms with Crippen LogP contribution < -0.4 is 11.1 Å². The Morgan fingerprint density at radius 1 is 1.32 bits per heavy atom. The second kappa shape index (κ2) is 9.74. The number of nitrogens with zero attached hydrogens (tertiary/aromatic N) is 1. The first-order valence-electron chi connectivity index (χ1n) is 7.82. The quantitative estimate of drug-likeness (QED) is 0.763. The molecule has 1 aromatic carbocycles. The molecular formula is C17H22Cl3N3OS. The molecule has 0 radical (unpaired) electrons. The summed E-state index contributed by atoms with van der Waals surface area (Å²) in [5.74, 6) is 0.355. The van der Waals surface area contributed by atoms with E-state index in [-0.39, 0.29) is 36.8 Å². The van der Waals surface area contributed by atoms with E-state index in [1.165, 1.54) is 11.3 Å². The van der Waals surface area contributed by atoms with Crippen molar-refractivity contribution in [1.29, 1.82) is 0 Å². The number of rotatable bonds is 4. The topological polar surface area (TPSA) is 68.0 Å². The zero-order chi connectivity index (χ0) is 16.4. The Kier molecular flexibility index (Phi) is 8.64. The average Bonchev–Trinajstić information content (AvgIpc) is 3.14. The maximum absolute atomic E-state index is 12.6. The third-order valence-electron chi connectivity index (χ3n) is 4.37. The van der Waals surface area contributed by atoms with Crippen molar-refractivity contribution in [2.75, 3.05) is 6.54 Å². The molecule has 1 aliphatic carbocycles. The lowest BCUT2D eigenvalue weighted by molar-refractivity contribution is 0.0932. The van der Waals surface area contributed by atoms with Crippen LogP contribution in [0.25, 0.3) is 10.6 Å². The Morgan fingerprint density at radius 2 is 2.00 bits per heavy atom. The lowest BCUT2D eigenvalue weighted by atomic mass is 10.0. The predicted octanol–water partition coefficient (Wildman–Crippen LogP) is 4.47. The van der Waals surface area contributed by atoms with Gasteiger partial charge in [0.1, 0.15) is 9.88 Å². The van der Waals surface area contributed by atoms with Gasteiger partial charge in [0.15, 0.2) is 0 Å². The van der Waals surface area contributed by atoms with Crippen molar-refractivity contribution in [3.8, 4) is 10.6 Å². The van der Waals surface area contributed by atoms with Crippen LogP contribution in [0.5, 0.6) is 0 Å². The van der Waals surface area contributed by atoms with E-state index in [0.717, 1.165) is 35.5 Å². The van der Waals surface area contributed by atoms with E-state index >= 15 is 0 Å². The van der Waals surface area contributed by atoms with Crippen LogP contribution in [0.3, 0.4) is 0 Å². The molecule has 1 heterocycles. The predicted molar refractivity (Wildman–Crippen MR) is 109 cm³/mol. The molecule has 1 fully saturated rings. The molecule has 0 aliphatic heterocycles. The van der Waals surface area contributed by atoms with Gasteiger partial charge in [0.25, 0.3) is 5.91 Å². The highest BCUT2D eigenvalue weighted by Crippen LogP contribution is 2.30. The number of amides is 1. The Labute approximate surface area is 169 Å². The third-order valence-corrected chi connectivity index (χ3v) is 5.83. The fourth-order valence-electron chi connectivity index (χ4n) is 3.07. The highest BCUT2D eigenvalue weighted by Gasteiger charge is 2.28. The molecule has 0 spiro atoms. The molecule has 1 aliphatic rings. The molecule has 8 heteroatoms. The molecule has 1 saturated carbocycles. The summed E-state index contributed by atoms with van der Waals surface area (Å²) in [6.45, 7) is 2.50. The Morgan fingerprint density at radius 3 is 2.64 bits per heavy atom. The van der Waals surface area contributed by atoms with Crippen LogP contribution in [0.2, 0.25) is 5.02 Å². The molecule has 1 amide bonds. The van der Waals surface area contributed by atoms with Crippen LogP contribution in [0, 0.1) is 12.8 Å². The Hall–Kier alpha value is -0.850. The lowest BCUT2D eigenvalue weighted by Gasteiger charge is -2.19. The molecule has 3 rings (SSSR count). The minimum Gasteiger partial charge on any atom is -0.348 e. The van der Waals surface area contributed by atoms with Crippen molar-refractivity contribution >= 4 is 53.7 Å². The number of benzene rings is 1. The molecule has 1 aromatic heterocycles. The number of hydrogen-bond acceptors (Lipinski definition) is 4. The first kappa shape index (κ1) is 22.2. The number of thiazole rings is 1. The van der Waals surface area contributed by atoms with Crippen LogP contribution in [0.15, 0.2) is 24.3 Å². The van der Waals surface area contributed by atoms with Gasteiger partial charge in [-0.3, -0.25) is 4.79 Å². The maximum atomic E-state index is 12.6. The van der Waals surface area contributed by atoms with E-state index in [1.807, 2.05) is 31.2 Å². The summed E-state index contributed by atoms with van der Waals surface area (Å²) in [6, 6.07) is 7.69. The van der Waals surface area contributed by atoms with E-state index in [1.54, 1.807) is 0 Å². The fourth-order valence-corrected chi connectivity index (χ4v) is 4.17. The van der Waals surface area contributed by atoms with Crippen molar-refractivity contribution in [1.82, 2.24) is 10.3 Å². The summed E-state index contributed by atoms with van der Waals surface area (Å²) in [7, 11) is 0. The number of aryl methyl sites for hydroxylation is 1. The van der Waals surface area contributed by atoms with Gasteiger partial charge in [0.2, 0.25) is 0 Å². The number of aromatic nitrogens is 1. The summed E-state index contributed by atoms with van der Waals surface area (Å²) in [5, 5.41) is 4.67. The minimum atomic E-state index is -0.0365. The number of halogens is 3.